The molecule has 0 bridgehead atoms. The van der Waals surface area contributed by atoms with Crippen LogP contribution in [-0.4, -0.2) is 24.5 Å². The molecular weight excluding hydrogens is 349 g/mol. The van der Waals surface area contributed by atoms with Gasteiger partial charge in [0, 0.05) is 11.1 Å². The normalized spacial score (nSPS) is 12.3. The van der Waals surface area contributed by atoms with Gasteiger partial charge in [-0.15, -0.1) is 0 Å². The number of carbonyl (C=O) groups is 2. The molecule has 0 aliphatic rings. The smallest absolute Gasteiger partial charge is 0.416 e. The molecule has 0 saturated heterocycles. The molecule has 0 aliphatic heterocycles. The van der Waals surface area contributed by atoms with Gasteiger partial charge >= 0.3 is 12.1 Å². The van der Waals surface area contributed by atoms with Gasteiger partial charge < -0.3 is 9.47 Å². The van der Waals surface area contributed by atoms with Gasteiger partial charge in [-0.1, -0.05) is 24.3 Å². The number of hydrogen-bond donors (Lipinski definition) is 0. The number of rotatable bonds is 6. The summed E-state index contributed by atoms with van der Waals surface area (Å²) in [5.74, 6) is -0.705. The Morgan fingerprint density at radius 2 is 1.69 bits per heavy atom. The molecule has 0 fully saturated rings. The van der Waals surface area contributed by atoms with Gasteiger partial charge in [0.05, 0.1) is 12.2 Å². The minimum absolute atomic E-state index is 0.119. The van der Waals surface area contributed by atoms with Gasteiger partial charge in [-0.25, -0.2) is 4.79 Å². The highest BCUT2D eigenvalue weighted by Gasteiger charge is 2.30. The van der Waals surface area contributed by atoms with Crippen LogP contribution in [0.15, 0.2) is 48.5 Å². The van der Waals surface area contributed by atoms with E-state index in [1.165, 1.54) is 19.1 Å². The van der Waals surface area contributed by atoms with Crippen LogP contribution in [0.3, 0.4) is 0 Å². The van der Waals surface area contributed by atoms with Crippen molar-refractivity contribution in [2.24, 2.45) is 0 Å². The third-order valence-electron chi connectivity index (χ3n) is 3.50. The van der Waals surface area contributed by atoms with E-state index >= 15 is 0 Å². The highest BCUT2D eigenvalue weighted by Crippen LogP contribution is 2.29. The molecule has 0 aromatic heterocycles. The molecule has 4 nitrogen and oxygen atoms in total. The van der Waals surface area contributed by atoms with E-state index in [-0.39, 0.29) is 23.5 Å². The second-order valence-electron chi connectivity index (χ2n) is 5.44. The average Bonchev–Trinajstić information content (AvgIpc) is 2.61. The Hall–Kier alpha value is -2.83. The summed E-state index contributed by atoms with van der Waals surface area (Å²) in [6.07, 6.45) is -5.31. The Kier molecular flexibility index (Phi) is 6.02. The van der Waals surface area contributed by atoms with Gasteiger partial charge in [-0.3, -0.25) is 4.79 Å². The predicted molar refractivity (Wildman–Crippen MR) is 88.0 cm³/mol. The summed E-state index contributed by atoms with van der Waals surface area (Å²) in [6.45, 7) is 3.41. The van der Waals surface area contributed by atoms with Gasteiger partial charge in [0.15, 0.2) is 11.9 Å². The van der Waals surface area contributed by atoms with Gasteiger partial charge in [0.1, 0.15) is 5.75 Å². The van der Waals surface area contributed by atoms with Crippen molar-refractivity contribution in [1.82, 2.24) is 0 Å². The van der Waals surface area contributed by atoms with Crippen molar-refractivity contribution in [1.29, 1.82) is 0 Å². The number of ether oxygens (including phenoxy) is 2. The molecule has 0 radical (unpaired) electrons. The Balaban J connectivity index is 2.16. The van der Waals surface area contributed by atoms with Crippen LogP contribution < -0.4 is 4.74 Å². The second kappa shape index (κ2) is 8.03. The summed E-state index contributed by atoms with van der Waals surface area (Å²) >= 11 is 0. The summed E-state index contributed by atoms with van der Waals surface area (Å²) in [5, 5.41) is 0. The lowest BCUT2D eigenvalue weighted by molar-refractivity contribution is -0.150. The van der Waals surface area contributed by atoms with Crippen LogP contribution in [0.5, 0.6) is 5.75 Å². The van der Waals surface area contributed by atoms with E-state index in [9.17, 15) is 22.8 Å². The number of alkyl halides is 3. The number of halogens is 3. The number of ketones is 1. The molecule has 0 aliphatic carbocycles. The maximum Gasteiger partial charge on any atom is 0.416 e. The van der Waals surface area contributed by atoms with Gasteiger partial charge in [-0.05, 0) is 38.1 Å². The highest BCUT2D eigenvalue weighted by atomic mass is 19.4. The van der Waals surface area contributed by atoms with Crippen molar-refractivity contribution in [2.75, 3.05) is 6.61 Å². The Labute approximate surface area is 148 Å². The Morgan fingerprint density at radius 3 is 2.27 bits per heavy atom. The molecule has 0 saturated carbocycles. The molecule has 2 aromatic rings. The zero-order valence-corrected chi connectivity index (χ0v) is 14.2. The Morgan fingerprint density at radius 1 is 1.04 bits per heavy atom. The minimum Gasteiger partial charge on any atom is -0.479 e. The molecule has 2 rings (SSSR count). The molecule has 0 amide bonds. The fraction of sp³-hybridized carbons (Fsp3) is 0.263. The highest BCUT2D eigenvalue weighted by molar-refractivity contribution is 6.09. The molecule has 1 unspecified atom stereocenters. The van der Waals surface area contributed by atoms with E-state index in [0.29, 0.717) is 0 Å². The van der Waals surface area contributed by atoms with Crippen molar-refractivity contribution in [3.8, 4) is 5.75 Å². The molecular formula is C19H17F3O4. The van der Waals surface area contributed by atoms with Gasteiger partial charge in [0.25, 0.3) is 0 Å². The zero-order chi connectivity index (χ0) is 19.3. The standard InChI is InChI=1S/C19H17F3O4/c1-3-25-18(24)12(2)26-16-6-4-5-14(11-16)17(23)13-7-9-15(10-8-13)19(20,21)22/h4-12H,3H2,1-2H3. The van der Waals surface area contributed by atoms with E-state index in [2.05, 4.69) is 0 Å². The van der Waals surface area contributed by atoms with Crippen LogP contribution in [0, 0.1) is 0 Å². The summed E-state index contributed by atoms with van der Waals surface area (Å²) in [6, 6.07) is 10.0. The molecule has 1 atom stereocenters. The first-order valence-corrected chi connectivity index (χ1v) is 7.87. The van der Waals surface area contributed by atoms with E-state index in [0.717, 1.165) is 24.3 Å². The molecule has 26 heavy (non-hydrogen) atoms. The third-order valence-corrected chi connectivity index (χ3v) is 3.50. The fourth-order valence-corrected chi connectivity index (χ4v) is 2.20. The fourth-order valence-electron chi connectivity index (χ4n) is 2.20. The van der Waals surface area contributed by atoms with Crippen LogP contribution in [0.2, 0.25) is 0 Å². The molecule has 0 heterocycles. The number of carbonyl (C=O) groups excluding carboxylic acids is 2. The second-order valence-corrected chi connectivity index (χ2v) is 5.44. The summed E-state index contributed by atoms with van der Waals surface area (Å²) in [4.78, 5) is 24.0. The van der Waals surface area contributed by atoms with Crippen LogP contribution in [0.1, 0.15) is 35.3 Å². The zero-order valence-electron chi connectivity index (χ0n) is 14.2. The lowest BCUT2D eigenvalue weighted by Gasteiger charge is -2.14. The first kappa shape index (κ1) is 19.5. The van der Waals surface area contributed by atoms with E-state index in [4.69, 9.17) is 9.47 Å². The molecule has 2 aromatic carbocycles. The molecule has 7 heteroatoms. The van der Waals surface area contributed by atoms with Crippen LogP contribution in [-0.2, 0) is 15.7 Å². The van der Waals surface area contributed by atoms with Crippen molar-refractivity contribution < 1.29 is 32.2 Å². The van der Waals surface area contributed by atoms with Crippen LogP contribution in [0.25, 0.3) is 0 Å². The average molecular weight is 366 g/mol. The lowest BCUT2D eigenvalue weighted by atomic mass is 10.0. The van der Waals surface area contributed by atoms with Crippen LogP contribution in [0.4, 0.5) is 13.2 Å². The van der Waals surface area contributed by atoms with Crippen molar-refractivity contribution >= 4 is 11.8 Å². The maximum absolute atomic E-state index is 12.6. The lowest BCUT2D eigenvalue weighted by Crippen LogP contribution is -2.26. The van der Waals surface area contributed by atoms with Gasteiger partial charge in [0.2, 0.25) is 0 Å². The first-order chi connectivity index (χ1) is 12.2. The van der Waals surface area contributed by atoms with Crippen LogP contribution >= 0.6 is 0 Å². The minimum atomic E-state index is -4.46. The summed E-state index contributed by atoms with van der Waals surface area (Å²) in [5.41, 5.74) is -0.471. The largest absolute Gasteiger partial charge is 0.479 e. The summed E-state index contributed by atoms with van der Waals surface area (Å²) in [7, 11) is 0. The molecule has 138 valence electrons. The quantitative estimate of drug-likeness (QED) is 0.566. The SMILES string of the molecule is CCOC(=O)C(C)Oc1cccc(C(=O)c2ccc(C(F)(F)F)cc2)c1. The number of hydrogen-bond acceptors (Lipinski definition) is 4. The number of benzene rings is 2. The van der Waals surface area contributed by atoms with E-state index in [1.807, 2.05) is 0 Å². The van der Waals surface area contributed by atoms with E-state index in [1.54, 1.807) is 19.1 Å². The summed E-state index contributed by atoms with van der Waals surface area (Å²) < 4.78 is 48.1. The topological polar surface area (TPSA) is 52.6 Å². The first-order valence-electron chi connectivity index (χ1n) is 7.87. The third kappa shape index (κ3) is 4.84. The maximum atomic E-state index is 12.6. The predicted octanol–water partition coefficient (Wildman–Crippen LogP) is 4.27. The Bertz CT molecular complexity index is 782. The van der Waals surface area contributed by atoms with Crippen molar-refractivity contribution in [3.63, 3.8) is 0 Å². The van der Waals surface area contributed by atoms with E-state index < -0.39 is 29.6 Å². The molecule has 0 spiro atoms. The van der Waals surface area contributed by atoms with Crippen molar-refractivity contribution in [2.45, 2.75) is 26.1 Å². The number of esters is 1. The van der Waals surface area contributed by atoms with Crippen molar-refractivity contribution in [3.05, 3.63) is 65.2 Å². The monoisotopic (exact) mass is 366 g/mol. The molecule has 0 N–H and O–H groups in total. The van der Waals surface area contributed by atoms with Gasteiger partial charge in [-0.2, -0.15) is 13.2 Å².